The Morgan fingerprint density at radius 1 is 1.09 bits per heavy atom. The summed E-state index contributed by atoms with van der Waals surface area (Å²) < 4.78 is 17.8. The maximum Gasteiger partial charge on any atom is 0.293 e. The number of hydrogen-bond acceptors (Lipinski definition) is 11. The van der Waals surface area contributed by atoms with Gasteiger partial charge in [0.25, 0.3) is 5.69 Å². The molecule has 0 saturated carbocycles. The fourth-order valence-electron chi connectivity index (χ4n) is 2.79. The van der Waals surface area contributed by atoms with Gasteiger partial charge in [-0.25, -0.2) is 14.0 Å². The number of nitrogens with zero attached hydrogens (tertiary/aromatic N) is 7. The lowest BCUT2D eigenvalue weighted by atomic mass is 10.2. The molecule has 162 valence electrons. The van der Waals surface area contributed by atoms with Crippen molar-refractivity contribution in [3.8, 4) is 0 Å². The number of nitro groups is 1. The second kappa shape index (κ2) is 8.59. The summed E-state index contributed by atoms with van der Waals surface area (Å²) in [6, 6.07) is 10.4. The molecule has 0 unspecified atom stereocenters. The van der Waals surface area contributed by atoms with Gasteiger partial charge in [-0.3, -0.25) is 15.5 Å². The Morgan fingerprint density at radius 3 is 2.44 bits per heavy atom. The Balaban J connectivity index is 1.61. The van der Waals surface area contributed by atoms with Crippen LogP contribution in [-0.2, 0) is 0 Å². The number of hydrazone groups is 1. The normalized spacial score (nSPS) is 11.1. The molecule has 0 saturated heterocycles. The van der Waals surface area contributed by atoms with Gasteiger partial charge in [0.1, 0.15) is 11.5 Å². The van der Waals surface area contributed by atoms with Gasteiger partial charge in [-0.1, -0.05) is 6.07 Å². The van der Waals surface area contributed by atoms with Crippen LogP contribution in [0.4, 0.5) is 33.1 Å². The van der Waals surface area contributed by atoms with Crippen LogP contribution < -0.4 is 15.6 Å². The van der Waals surface area contributed by atoms with Gasteiger partial charge in [-0.2, -0.15) is 10.1 Å². The summed E-state index contributed by atoms with van der Waals surface area (Å²) in [4.78, 5) is 21.1. The van der Waals surface area contributed by atoms with Gasteiger partial charge in [0.2, 0.25) is 11.3 Å². The van der Waals surface area contributed by atoms with E-state index in [-0.39, 0.29) is 34.4 Å². The molecule has 0 amide bonds. The maximum absolute atomic E-state index is 13.2. The zero-order valence-electron chi connectivity index (χ0n) is 16.9. The van der Waals surface area contributed by atoms with Gasteiger partial charge in [0.15, 0.2) is 11.6 Å². The predicted octanol–water partition coefficient (Wildman–Crippen LogP) is 3.32. The molecule has 2 heterocycles. The molecule has 0 fully saturated rings. The molecule has 0 bridgehead atoms. The van der Waals surface area contributed by atoms with Crippen molar-refractivity contribution < 1.29 is 13.9 Å². The minimum absolute atomic E-state index is 0.0486. The highest BCUT2D eigenvalue weighted by Gasteiger charge is 2.16. The molecule has 2 aromatic heterocycles. The number of anilines is 4. The molecule has 0 radical (unpaired) electrons. The zero-order chi connectivity index (χ0) is 22.7. The summed E-state index contributed by atoms with van der Waals surface area (Å²) >= 11 is 0. The highest BCUT2D eigenvalue weighted by atomic mass is 19.1. The molecule has 4 aromatic rings. The van der Waals surface area contributed by atoms with Gasteiger partial charge in [-0.15, -0.1) is 0 Å². The summed E-state index contributed by atoms with van der Waals surface area (Å²) in [6.45, 7) is 0. The number of benzene rings is 2. The average Bonchev–Trinajstić information content (AvgIpc) is 3.22. The number of aromatic nitrogens is 4. The minimum atomic E-state index is -0.457. The van der Waals surface area contributed by atoms with Crippen LogP contribution in [0.5, 0.6) is 0 Å². The Hall–Kier alpha value is -4.68. The molecule has 2 aromatic carbocycles. The Bertz CT molecular complexity index is 1310. The standard InChI is InChI=1S/C19H16FN9O3/c1-28(2)14-8-3-11(9-15(14)29(30)31)10-21-25-17-16(22-13-6-4-12(20)5-7-13)23-18-19(24-17)27-32-26-18/h3-10H,1-2H3,(H,22,23,26)(H,24,25,27). The van der Waals surface area contributed by atoms with E-state index in [4.69, 9.17) is 0 Å². The molecule has 0 aliphatic carbocycles. The molecule has 0 atom stereocenters. The maximum atomic E-state index is 13.2. The van der Waals surface area contributed by atoms with Crippen LogP contribution in [0.3, 0.4) is 0 Å². The number of hydrogen-bond donors (Lipinski definition) is 2. The molecule has 4 rings (SSSR count). The zero-order valence-corrected chi connectivity index (χ0v) is 16.9. The number of nitro benzene ring substituents is 1. The first kappa shape index (κ1) is 20.6. The largest absolute Gasteiger partial charge is 0.372 e. The number of nitrogens with one attached hydrogen (secondary N) is 2. The van der Waals surface area contributed by atoms with Crippen LogP contribution in [0.2, 0.25) is 0 Å². The number of rotatable bonds is 7. The third kappa shape index (κ3) is 4.40. The Morgan fingerprint density at radius 2 is 1.78 bits per heavy atom. The summed E-state index contributed by atoms with van der Waals surface area (Å²) in [5.41, 5.74) is 4.53. The second-order valence-corrected chi connectivity index (χ2v) is 6.73. The van der Waals surface area contributed by atoms with Crippen molar-refractivity contribution in [2.24, 2.45) is 5.10 Å². The van der Waals surface area contributed by atoms with Gasteiger partial charge in [0, 0.05) is 31.4 Å². The van der Waals surface area contributed by atoms with Crippen LogP contribution in [0.25, 0.3) is 11.3 Å². The Labute approximate surface area is 179 Å². The van der Waals surface area contributed by atoms with Gasteiger partial charge in [0.05, 0.1) is 11.1 Å². The fourth-order valence-corrected chi connectivity index (χ4v) is 2.79. The number of fused-ring (bicyclic) bond motifs is 1. The molecule has 12 nitrogen and oxygen atoms in total. The summed E-state index contributed by atoms with van der Waals surface area (Å²) in [6.07, 6.45) is 1.40. The summed E-state index contributed by atoms with van der Waals surface area (Å²) in [5.74, 6) is 0.0502. The van der Waals surface area contributed by atoms with Crippen LogP contribution in [0, 0.1) is 15.9 Å². The number of halogens is 1. The van der Waals surface area contributed by atoms with E-state index in [9.17, 15) is 14.5 Å². The first-order chi connectivity index (χ1) is 15.4. The van der Waals surface area contributed by atoms with Crippen molar-refractivity contribution in [2.45, 2.75) is 0 Å². The van der Waals surface area contributed by atoms with E-state index in [1.54, 1.807) is 31.1 Å². The van der Waals surface area contributed by atoms with Crippen LogP contribution in [-0.4, -0.2) is 45.5 Å². The first-order valence-corrected chi connectivity index (χ1v) is 9.18. The van der Waals surface area contributed by atoms with Crippen LogP contribution in [0.15, 0.2) is 52.2 Å². The van der Waals surface area contributed by atoms with Crippen molar-refractivity contribution >= 4 is 46.2 Å². The lowest BCUT2D eigenvalue weighted by Gasteiger charge is -2.12. The molecule has 0 spiro atoms. The third-order valence-electron chi connectivity index (χ3n) is 4.28. The molecule has 0 aliphatic heterocycles. The van der Waals surface area contributed by atoms with Crippen molar-refractivity contribution in [1.82, 2.24) is 20.3 Å². The van der Waals surface area contributed by atoms with E-state index in [1.807, 2.05) is 0 Å². The molecule has 13 heteroatoms. The lowest BCUT2D eigenvalue weighted by Crippen LogP contribution is -2.11. The van der Waals surface area contributed by atoms with E-state index >= 15 is 0 Å². The molecule has 0 aliphatic rings. The van der Waals surface area contributed by atoms with Crippen LogP contribution >= 0.6 is 0 Å². The minimum Gasteiger partial charge on any atom is -0.372 e. The van der Waals surface area contributed by atoms with E-state index in [0.29, 0.717) is 16.9 Å². The predicted molar refractivity (Wildman–Crippen MR) is 116 cm³/mol. The SMILES string of the molecule is CN(C)c1ccc(C=NNc2nc3nonc3nc2Nc2ccc(F)cc2)cc1[N+](=O)[O-]. The van der Waals surface area contributed by atoms with Crippen LogP contribution in [0.1, 0.15) is 5.56 Å². The average molecular weight is 437 g/mol. The van der Waals surface area contributed by atoms with Gasteiger partial charge >= 0.3 is 0 Å². The lowest BCUT2D eigenvalue weighted by molar-refractivity contribution is -0.384. The highest BCUT2D eigenvalue weighted by Crippen LogP contribution is 2.27. The van der Waals surface area contributed by atoms with E-state index < -0.39 is 4.92 Å². The monoisotopic (exact) mass is 437 g/mol. The summed E-state index contributed by atoms with van der Waals surface area (Å²) in [7, 11) is 3.45. The molecule has 32 heavy (non-hydrogen) atoms. The van der Waals surface area contributed by atoms with Gasteiger partial charge < -0.3 is 10.2 Å². The molecular weight excluding hydrogens is 421 g/mol. The van der Waals surface area contributed by atoms with E-state index in [0.717, 1.165) is 0 Å². The van der Waals surface area contributed by atoms with Crippen molar-refractivity contribution in [1.29, 1.82) is 0 Å². The summed E-state index contributed by atoms with van der Waals surface area (Å²) in [5, 5.41) is 25.8. The smallest absolute Gasteiger partial charge is 0.293 e. The van der Waals surface area contributed by atoms with Crippen molar-refractivity contribution in [3.63, 3.8) is 0 Å². The molecule has 2 N–H and O–H groups in total. The quantitative estimate of drug-likeness (QED) is 0.251. The highest BCUT2D eigenvalue weighted by molar-refractivity contribution is 5.84. The van der Waals surface area contributed by atoms with E-state index in [2.05, 4.69) is 40.8 Å². The topological polar surface area (TPSA) is 148 Å². The van der Waals surface area contributed by atoms with E-state index in [1.165, 1.54) is 36.5 Å². The van der Waals surface area contributed by atoms with Crippen molar-refractivity contribution in [2.75, 3.05) is 29.7 Å². The van der Waals surface area contributed by atoms with Crippen molar-refractivity contribution in [3.05, 3.63) is 64.0 Å². The Kier molecular flexibility index (Phi) is 5.53. The first-order valence-electron chi connectivity index (χ1n) is 9.18. The third-order valence-corrected chi connectivity index (χ3v) is 4.28. The fraction of sp³-hybridized carbons (Fsp3) is 0.105. The second-order valence-electron chi connectivity index (χ2n) is 6.73. The molecular formula is C19H16FN9O3. The van der Waals surface area contributed by atoms with Gasteiger partial charge in [-0.05, 0) is 40.6 Å².